The van der Waals surface area contributed by atoms with E-state index in [1.165, 1.54) is 6.33 Å². The Kier molecular flexibility index (Phi) is 4.01. The standard InChI is InChI=1S/C11H11Cl2N5O/c1-3-18-7(4-6(2)17-18)11(19)16-10-8(12)9(13)14-5-15-10/h4-5H,3H2,1-2H3,(H,14,15,16,19). The van der Waals surface area contributed by atoms with Gasteiger partial charge in [-0.15, -0.1) is 0 Å². The third-order valence-electron chi connectivity index (χ3n) is 2.41. The molecular weight excluding hydrogens is 289 g/mol. The van der Waals surface area contributed by atoms with Crippen molar-refractivity contribution < 1.29 is 4.79 Å². The minimum Gasteiger partial charge on any atom is -0.304 e. The Morgan fingerprint density at radius 2 is 2.16 bits per heavy atom. The Hall–Kier alpha value is -1.66. The molecule has 6 nitrogen and oxygen atoms in total. The van der Waals surface area contributed by atoms with Gasteiger partial charge < -0.3 is 5.32 Å². The Balaban J connectivity index is 2.28. The third-order valence-corrected chi connectivity index (χ3v) is 3.15. The molecule has 100 valence electrons. The number of hydrogen-bond donors (Lipinski definition) is 1. The van der Waals surface area contributed by atoms with Crippen LogP contribution in [0, 0.1) is 6.92 Å². The summed E-state index contributed by atoms with van der Waals surface area (Å²) in [4.78, 5) is 19.7. The molecule has 1 amide bonds. The molecule has 2 rings (SSSR count). The van der Waals surface area contributed by atoms with Crippen molar-refractivity contribution in [2.75, 3.05) is 5.32 Å². The van der Waals surface area contributed by atoms with E-state index in [4.69, 9.17) is 23.2 Å². The van der Waals surface area contributed by atoms with Crippen molar-refractivity contribution in [3.05, 3.63) is 34.0 Å². The van der Waals surface area contributed by atoms with E-state index in [0.29, 0.717) is 12.2 Å². The molecule has 0 aliphatic heterocycles. The highest BCUT2D eigenvalue weighted by atomic mass is 35.5. The maximum Gasteiger partial charge on any atom is 0.275 e. The first-order valence-corrected chi connectivity index (χ1v) is 6.30. The van der Waals surface area contributed by atoms with Crippen molar-refractivity contribution in [1.82, 2.24) is 19.7 Å². The predicted octanol–water partition coefficient (Wildman–Crippen LogP) is 2.56. The average molecular weight is 300 g/mol. The fourth-order valence-corrected chi connectivity index (χ4v) is 1.85. The van der Waals surface area contributed by atoms with Crippen LogP contribution in [0.5, 0.6) is 0 Å². The molecule has 1 N–H and O–H groups in total. The van der Waals surface area contributed by atoms with Crippen molar-refractivity contribution in [2.24, 2.45) is 0 Å². The zero-order valence-corrected chi connectivity index (χ0v) is 11.8. The molecule has 8 heteroatoms. The summed E-state index contributed by atoms with van der Waals surface area (Å²) in [6, 6.07) is 1.69. The highest BCUT2D eigenvalue weighted by Crippen LogP contribution is 2.25. The Labute approximate surface area is 119 Å². The number of anilines is 1. The van der Waals surface area contributed by atoms with E-state index in [2.05, 4.69) is 20.4 Å². The SMILES string of the molecule is CCn1nc(C)cc1C(=O)Nc1ncnc(Cl)c1Cl. The molecule has 0 aliphatic carbocycles. The van der Waals surface area contributed by atoms with Crippen LogP contribution < -0.4 is 5.32 Å². The molecule has 0 aromatic carbocycles. The summed E-state index contributed by atoms with van der Waals surface area (Å²) < 4.78 is 1.60. The Morgan fingerprint density at radius 3 is 2.84 bits per heavy atom. The molecule has 0 fully saturated rings. The fraction of sp³-hybridized carbons (Fsp3) is 0.273. The van der Waals surface area contributed by atoms with E-state index in [1.54, 1.807) is 10.7 Å². The Morgan fingerprint density at radius 1 is 1.42 bits per heavy atom. The molecule has 0 saturated heterocycles. The summed E-state index contributed by atoms with van der Waals surface area (Å²) in [6.07, 6.45) is 1.23. The van der Waals surface area contributed by atoms with Crippen molar-refractivity contribution in [3.8, 4) is 0 Å². The second-order valence-electron chi connectivity index (χ2n) is 3.77. The van der Waals surface area contributed by atoms with Crippen LogP contribution in [0.3, 0.4) is 0 Å². The summed E-state index contributed by atoms with van der Waals surface area (Å²) >= 11 is 11.7. The topological polar surface area (TPSA) is 72.7 Å². The van der Waals surface area contributed by atoms with Gasteiger partial charge in [0.05, 0.1) is 5.69 Å². The average Bonchev–Trinajstić information content (AvgIpc) is 2.76. The van der Waals surface area contributed by atoms with Crippen LogP contribution in [0.2, 0.25) is 10.2 Å². The third kappa shape index (κ3) is 2.85. The van der Waals surface area contributed by atoms with E-state index >= 15 is 0 Å². The van der Waals surface area contributed by atoms with Gasteiger partial charge in [0.15, 0.2) is 11.0 Å². The highest BCUT2D eigenvalue weighted by molar-refractivity contribution is 6.43. The maximum absolute atomic E-state index is 12.1. The van der Waals surface area contributed by atoms with Crippen LogP contribution in [0.4, 0.5) is 5.82 Å². The number of nitrogens with zero attached hydrogens (tertiary/aromatic N) is 4. The summed E-state index contributed by atoms with van der Waals surface area (Å²) in [5.41, 5.74) is 1.20. The van der Waals surface area contributed by atoms with Crippen molar-refractivity contribution in [3.63, 3.8) is 0 Å². The summed E-state index contributed by atoms with van der Waals surface area (Å²) in [5.74, 6) is -0.174. The van der Waals surface area contributed by atoms with Gasteiger partial charge in [0.1, 0.15) is 17.0 Å². The van der Waals surface area contributed by atoms with Crippen molar-refractivity contribution in [1.29, 1.82) is 0 Å². The molecule has 0 unspecified atom stereocenters. The van der Waals surface area contributed by atoms with Crippen LogP contribution in [0.1, 0.15) is 23.1 Å². The maximum atomic E-state index is 12.1. The molecule has 2 aromatic rings. The minimum atomic E-state index is -0.348. The van der Waals surface area contributed by atoms with Crippen LogP contribution in [-0.4, -0.2) is 25.7 Å². The van der Waals surface area contributed by atoms with Gasteiger partial charge in [-0.2, -0.15) is 5.10 Å². The molecule has 0 bridgehead atoms. The van der Waals surface area contributed by atoms with E-state index in [1.807, 2.05) is 13.8 Å². The zero-order chi connectivity index (χ0) is 14.0. The van der Waals surface area contributed by atoms with Crippen molar-refractivity contribution >= 4 is 34.9 Å². The number of carbonyl (C=O) groups is 1. The molecule has 0 spiro atoms. The first-order chi connectivity index (χ1) is 9.02. The molecule has 0 radical (unpaired) electrons. The lowest BCUT2D eigenvalue weighted by atomic mass is 10.3. The lowest BCUT2D eigenvalue weighted by Gasteiger charge is -2.07. The van der Waals surface area contributed by atoms with E-state index in [9.17, 15) is 4.79 Å². The molecule has 19 heavy (non-hydrogen) atoms. The summed E-state index contributed by atoms with van der Waals surface area (Å²) in [6.45, 7) is 4.31. The van der Waals surface area contributed by atoms with Crippen LogP contribution >= 0.6 is 23.2 Å². The van der Waals surface area contributed by atoms with E-state index in [0.717, 1.165) is 5.69 Å². The van der Waals surface area contributed by atoms with E-state index in [-0.39, 0.29) is 21.9 Å². The lowest BCUT2D eigenvalue weighted by Crippen LogP contribution is -2.18. The Bertz CT molecular complexity index is 626. The molecule has 2 aromatic heterocycles. The first kappa shape index (κ1) is 13.8. The number of hydrogen-bond acceptors (Lipinski definition) is 4. The lowest BCUT2D eigenvalue weighted by molar-refractivity contribution is 0.101. The summed E-state index contributed by atoms with van der Waals surface area (Å²) in [5, 5.41) is 6.98. The second kappa shape index (κ2) is 5.54. The van der Waals surface area contributed by atoms with Gasteiger partial charge in [0, 0.05) is 6.54 Å². The number of carbonyl (C=O) groups excluding carboxylic acids is 1. The largest absolute Gasteiger partial charge is 0.304 e. The first-order valence-electron chi connectivity index (χ1n) is 5.54. The normalized spacial score (nSPS) is 10.5. The number of aryl methyl sites for hydroxylation is 2. The van der Waals surface area contributed by atoms with Crippen LogP contribution in [0.15, 0.2) is 12.4 Å². The van der Waals surface area contributed by atoms with Gasteiger partial charge >= 0.3 is 0 Å². The summed E-state index contributed by atoms with van der Waals surface area (Å²) in [7, 11) is 0. The van der Waals surface area contributed by atoms with Gasteiger partial charge in [-0.25, -0.2) is 9.97 Å². The van der Waals surface area contributed by atoms with Gasteiger partial charge in [0.2, 0.25) is 0 Å². The molecule has 0 atom stereocenters. The second-order valence-corrected chi connectivity index (χ2v) is 4.50. The number of rotatable bonds is 3. The quantitative estimate of drug-likeness (QED) is 0.884. The number of amides is 1. The number of nitrogens with one attached hydrogen (secondary N) is 1. The minimum absolute atomic E-state index is 0.0900. The number of halogens is 2. The van der Waals surface area contributed by atoms with E-state index < -0.39 is 0 Å². The monoisotopic (exact) mass is 299 g/mol. The van der Waals surface area contributed by atoms with Gasteiger partial charge in [-0.3, -0.25) is 9.48 Å². The molecule has 0 saturated carbocycles. The van der Waals surface area contributed by atoms with Crippen LogP contribution in [-0.2, 0) is 6.54 Å². The van der Waals surface area contributed by atoms with Crippen molar-refractivity contribution in [2.45, 2.75) is 20.4 Å². The highest BCUT2D eigenvalue weighted by Gasteiger charge is 2.16. The van der Waals surface area contributed by atoms with Crippen LogP contribution in [0.25, 0.3) is 0 Å². The molecule has 0 aliphatic rings. The van der Waals surface area contributed by atoms with Gasteiger partial charge in [-0.1, -0.05) is 23.2 Å². The fourth-order valence-electron chi connectivity index (χ4n) is 1.58. The molecular formula is C11H11Cl2N5O. The van der Waals surface area contributed by atoms with Gasteiger partial charge in [0.25, 0.3) is 5.91 Å². The smallest absolute Gasteiger partial charge is 0.275 e. The molecule has 2 heterocycles. The van der Waals surface area contributed by atoms with Gasteiger partial charge in [-0.05, 0) is 19.9 Å². The zero-order valence-electron chi connectivity index (χ0n) is 10.3. The predicted molar refractivity (Wildman–Crippen MR) is 72.6 cm³/mol. The number of aromatic nitrogens is 4.